The first-order valence-electron chi connectivity index (χ1n) is 4.65. The fourth-order valence-electron chi connectivity index (χ4n) is 1.09. The minimum atomic E-state index is -2.82. The first-order valence-corrected chi connectivity index (χ1v) is 5.44. The number of carbonyl (C=O) groups is 2. The van der Waals surface area contributed by atoms with E-state index >= 15 is 0 Å². The van der Waals surface area contributed by atoms with Crippen LogP contribution in [0.4, 0.5) is 4.39 Å². The molecule has 0 radical (unpaired) electrons. The first kappa shape index (κ1) is 12.8. The average molecular weight is 289 g/mol. The molecule has 0 aliphatic rings. The van der Waals surface area contributed by atoms with E-state index in [-0.39, 0.29) is 12.2 Å². The van der Waals surface area contributed by atoms with Crippen LogP contribution in [-0.2, 0) is 9.53 Å². The van der Waals surface area contributed by atoms with Gasteiger partial charge in [-0.1, -0.05) is 30.3 Å². The maximum Gasteiger partial charge on any atom is 0.363 e. The Hall–Kier alpha value is -1.23. The fraction of sp³-hybridized carbons (Fsp3) is 0.273. The van der Waals surface area contributed by atoms with Gasteiger partial charge < -0.3 is 4.74 Å². The third-order valence-corrected chi connectivity index (χ3v) is 2.54. The van der Waals surface area contributed by atoms with Gasteiger partial charge in [-0.15, -0.1) is 0 Å². The zero-order valence-corrected chi connectivity index (χ0v) is 10.2. The lowest BCUT2D eigenvalue weighted by Crippen LogP contribution is -2.37. The Kier molecular flexibility index (Phi) is 4.18. The molecule has 0 saturated heterocycles. The first-order chi connectivity index (χ1) is 7.50. The molecule has 0 unspecified atom stereocenters. The van der Waals surface area contributed by atoms with Gasteiger partial charge >= 0.3 is 10.5 Å². The number of Topliss-reactive ketones (excluding diaryl/α,β-unsaturated/α-hetero) is 1. The van der Waals surface area contributed by atoms with E-state index in [1.165, 1.54) is 19.1 Å². The number of benzene rings is 1. The van der Waals surface area contributed by atoms with Crippen molar-refractivity contribution in [3.05, 3.63) is 35.9 Å². The summed E-state index contributed by atoms with van der Waals surface area (Å²) in [6.07, 6.45) is 0. The lowest BCUT2D eigenvalue weighted by atomic mass is 10.1. The molecule has 1 atom stereocenters. The molecule has 3 nitrogen and oxygen atoms in total. The second kappa shape index (κ2) is 5.21. The minimum absolute atomic E-state index is 0.0121. The topological polar surface area (TPSA) is 43.4 Å². The highest BCUT2D eigenvalue weighted by Crippen LogP contribution is 2.27. The van der Waals surface area contributed by atoms with Crippen LogP contribution in [-0.4, -0.2) is 22.9 Å². The predicted molar refractivity (Wildman–Crippen MR) is 60.2 cm³/mol. The van der Waals surface area contributed by atoms with Crippen LogP contribution >= 0.6 is 15.9 Å². The molecule has 1 rings (SSSR count). The largest absolute Gasteiger partial charge is 0.463 e. The Morgan fingerprint density at radius 1 is 1.38 bits per heavy atom. The van der Waals surface area contributed by atoms with E-state index in [1.54, 1.807) is 18.2 Å². The fourth-order valence-corrected chi connectivity index (χ4v) is 1.43. The Labute approximate surface area is 101 Å². The molecule has 86 valence electrons. The number of ketones is 1. The van der Waals surface area contributed by atoms with E-state index in [4.69, 9.17) is 0 Å². The number of alkyl halides is 2. The second-order valence-electron chi connectivity index (χ2n) is 2.99. The van der Waals surface area contributed by atoms with Gasteiger partial charge in [0.1, 0.15) is 0 Å². The monoisotopic (exact) mass is 288 g/mol. The lowest BCUT2D eigenvalue weighted by Gasteiger charge is -2.14. The summed E-state index contributed by atoms with van der Waals surface area (Å²) in [6.45, 7) is 1.55. The molecule has 1 aromatic carbocycles. The van der Waals surface area contributed by atoms with Crippen LogP contribution in [0.2, 0.25) is 0 Å². The molecule has 0 aliphatic carbocycles. The van der Waals surface area contributed by atoms with Gasteiger partial charge in [0.2, 0.25) is 5.78 Å². The number of ether oxygens (including phenoxy) is 1. The Morgan fingerprint density at radius 2 is 1.94 bits per heavy atom. The molecule has 0 saturated carbocycles. The SMILES string of the molecule is CCOC(=O)[C@](F)(Br)C(=O)c1ccccc1. The summed E-state index contributed by atoms with van der Waals surface area (Å²) < 4.78 is 15.5. The average Bonchev–Trinajstić information content (AvgIpc) is 2.29. The van der Waals surface area contributed by atoms with Crippen LogP contribution in [0.3, 0.4) is 0 Å². The number of hydrogen-bond acceptors (Lipinski definition) is 3. The molecule has 1 aromatic rings. The van der Waals surface area contributed by atoms with Gasteiger partial charge in [-0.25, -0.2) is 9.18 Å². The van der Waals surface area contributed by atoms with Gasteiger partial charge in [0, 0.05) is 5.56 Å². The van der Waals surface area contributed by atoms with E-state index in [0.717, 1.165) is 0 Å². The summed E-state index contributed by atoms with van der Waals surface area (Å²) in [4.78, 5) is 22.9. The Bertz CT molecular complexity index is 389. The number of carbonyl (C=O) groups excluding carboxylic acids is 2. The number of hydrogen-bond donors (Lipinski definition) is 0. The second-order valence-corrected chi connectivity index (χ2v) is 4.08. The maximum atomic E-state index is 13.8. The van der Waals surface area contributed by atoms with Crippen molar-refractivity contribution in [3.8, 4) is 0 Å². The highest BCUT2D eigenvalue weighted by atomic mass is 79.9. The summed E-state index contributed by atoms with van der Waals surface area (Å²) in [7, 11) is 0. The smallest absolute Gasteiger partial charge is 0.363 e. The third-order valence-electron chi connectivity index (χ3n) is 1.85. The molecule has 0 aromatic heterocycles. The van der Waals surface area contributed by atoms with E-state index < -0.39 is 16.3 Å². The summed E-state index contributed by atoms with van der Waals surface area (Å²) in [5.41, 5.74) is 0.106. The van der Waals surface area contributed by atoms with Crippen molar-refractivity contribution >= 4 is 27.7 Å². The van der Waals surface area contributed by atoms with E-state index in [1.807, 2.05) is 0 Å². The quantitative estimate of drug-likeness (QED) is 0.370. The molecule has 0 amide bonds. The third kappa shape index (κ3) is 2.66. The molecular weight excluding hydrogens is 279 g/mol. The lowest BCUT2D eigenvalue weighted by molar-refractivity contribution is -0.148. The molecule has 0 heterocycles. The van der Waals surface area contributed by atoms with E-state index in [2.05, 4.69) is 20.7 Å². The van der Waals surface area contributed by atoms with Gasteiger partial charge in [-0.05, 0) is 22.9 Å². The van der Waals surface area contributed by atoms with Crippen molar-refractivity contribution in [2.45, 2.75) is 11.5 Å². The van der Waals surface area contributed by atoms with Crippen molar-refractivity contribution in [1.29, 1.82) is 0 Å². The van der Waals surface area contributed by atoms with Crippen molar-refractivity contribution in [3.63, 3.8) is 0 Å². The van der Waals surface area contributed by atoms with Crippen LogP contribution in [0.25, 0.3) is 0 Å². The zero-order chi connectivity index (χ0) is 12.2. The van der Waals surface area contributed by atoms with Crippen LogP contribution in [0.15, 0.2) is 30.3 Å². The molecule has 0 spiro atoms. The highest BCUT2D eigenvalue weighted by molar-refractivity contribution is 9.10. The van der Waals surface area contributed by atoms with Crippen LogP contribution < -0.4 is 0 Å². The van der Waals surface area contributed by atoms with Gasteiger partial charge in [0.15, 0.2) is 0 Å². The van der Waals surface area contributed by atoms with E-state index in [0.29, 0.717) is 0 Å². The minimum Gasteiger partial charge on any atom is -0.463 e. The Balaban J connectivity index is 2.92. The van der Waals surface area contributed by atoms with Crippen molar-refractivity contribution in [2.24, 2.45) is 0 Å². The van der Waals surface area contributed by atoms with Crippen molar-refractivity contribution in [2.75, 3.05) is 6.61 Å². The van der Waals surface area contributed by atoms with Gasteiger partial charge in [0.25, 0.3) is 0 Å². The van der Waals surface area contributed by atoms with Crippen LogP contribution in [0, 0.1) is 0 Å². The molecule has 0 fully saturated rings. The van der Waals surface area contributed by atoms with Crippen molar-refractivity contribution < 1.29 is 18.7 Å². The molecule has 0 bridgehead atoms. The van der Waals surface area contributed by atoms with Gasteiger partial charge in [-0.3, -0.25) is 4.79 Å². The molecular formula is C11H10BrFO3. The Morgan fingerprint density at radius 3 is 2.44 bits per heavy atom. The summed E-state index contributed by atoms with van der Waals surface area (Å²) in [5.74, 6) is -2.20. The maximum absolute atomic E-state index is 13.8. The highest BCUT2D eigenvalue weighted by Gasteiger charge is 2.45. The van der Waals surface area contributed by atoms with Crippen LogP contribution in [0.1, 0.15) is 17.3 Å². The molecule has 16 heavy (non-hydrogen) atoms. The molecule has 0 N–H and O–H groups in total. The van der Waals surface area contributed by atoms with E-state index in [9.17, 15) is 14.0 Å². The van der Waals surface area contributed by atoms with Gasteiger partial charge in [-0.2, -0.15) is 0 Å². The molecule has 5 heteroatoms. The van der Waals surface area contributed by atoms with Crippen LogP contribution in [0.5, 0.6) is 0 Å². The molecule has 0 aliphatic heterocycles. The number of esters is 1. The normalized spacial score (nSPS) is 13.9. The predicted octanol–water partition coefficient (Wildman–Crippen LogP) is 2.49. The standard InChI is InChI=1S/C11H10BrFO3/c1-2-16-10(15)11(12,13)9(14)8-6-4-3-5-7-8/h3-7H,2H2,1H3/t11-/m0/s1. The van der Waals surface area contributed by atoms with Gasteiger partial charge in [0.05, 0.1) is 6.61 Å². The summed E-state index contributed by atoms with van der Waals surface area (Å²) in [6, 6.07) is 7.71. The number of halogens is 2. The summed E-state index contributed by atoms with van der Waals surface area (Å²) in [5, 5.41) is 0. The number of rotatable bonds is 4. The zero-order valence-electron chi connectivity index (χ0n) is 8.57. The summed E-state index contributed by atoms with van der Waals surface area (Å²) >= 11 is 2.46. The van der Waals surface area contributed by atoms with Crippen molar-refractivity contribution in [1.82, 2.24) is 0 Å².